The van der Waals surface area contributed by atoms with Gasteiger partial charge in [0.25, 0.3) is 0 Å². The highest BCUT2D eigenvalue weighted by molar-refractivity contribution is 4.91. The summed E-state index contributed by atoms with van der Waals surface area (Å²) in [4.78, 5) is 0. The predicted octanol–water partition coefficient (Wildman–Crippen LogP) is 2.33. The van der Waals surface area contributed by atoms with E-state index in [1.807, 2.05) is 0 Å². The molecule has 0 spiro atoms. The average Bonchev–Trinajstić information content (AvgIpc) is 2.36. The van der Waals surface area contributed by atoms with Crippen molar-refractivity contribution >= 4 is 0 Å². The first kappa shape index (κ1) is 14.3. The van der Waals surface area contributed by atoms with Gasteiger partial charge < -0.3 is 15.2 Å². The van der Waals surface area contributed by atoms with E-state index < -0.39 is 0 Å². The van der Waals surface area contributed by atoms with Crippen molar-refractivity contribution in [3.63, 3.8) is 0 Å². The highest BCUT2D eigenvalue weighted by Crippen LogP contribution is 2.38. The summed E-state index contributed by atoms with van der Waals surface area (Å²) in [5.74, 6) is 0.778. The Labute approximate surface area is 111 Å². The van der Waals surface area contributed by atoms with Gasteiger partial charge in [0.15, 0.2) is 0 Å². The largest absolute Gasteiger partial charge is 0.394 e. The molecule has 1 unspecified atom stereocenters. The zero-order valence-electron chi connectivity index (χ0n) is 12.0. The van der Waals surface area contributed by atoms with Crippen LogP contribution in [0.3, 0.4) is 0 Å². The molecule has 0 amide bonds. The van der Waals surface area contributed by atoms with Crippen LogP contribution in [0.4, 0.5) is 0 Å². The van der Waals surface area contributed by atoms with Gasteiger partial charge in [0.1, 0.15) is 0 Å². The van der Waals surface area contributed by atoms with Crippen LogP contribution in [-0.2, 0) is 4.74 Å². The van der Waals surface area contributed by atoms with E-state index in [0.29, 0.717) is 5.41 Å². The van der Waals surface area contributed by atoms with Gasteiger partial charge in [-0.25, -0.2) is 0 Å². The molecule has 2 N–H and O–H groups in total. The van der Waals surface area contributed by atoms with Crippen LogP contribution in [0.25, 0.3) is 0 Å². The van der Waals surface area contributed by atoms with Gasteiger partial charge in [0.05, 0.1) is 6.61 Å². The summed E-state index contributed by atoms with van der Waals surface area (Å²) in [6.45, 7) is 7.63. The first-order chi connectivity index (χ1) is 8.55. The SMILES string of the molecule is CC1(C)CCCC(CNC2(CO)CCOCC2)C1. The van der Waals surface area contributed by atoms with E-state index in [9.17, 15) is 5.11 Å². The summed E-state index contributed by atoms with van der Waals surface area (Å²) in [6, 6.07) is 0. The molecule has 1 aliphatic carbocycles. The summed E-state index contributed by atoms with van der Waals surface area (Å²) >= 11 is 0. The molecule has 0 aromatic heterocycles. The van der Waals surface area contributed by atoms with E-state index in [-0.39, 0.29) is 12.1 Å². The lowest BCUT2D eigenvalue weighted by Gasteiger charge is -2.40. The van der Waals surface area contributed by atoms with Gasteiger partial charge in [-0.05, 0) is 50.0 Å². The fourth-order valence-corrected chi connectivity index (χ4v) is 3.54. The second-order valence-electron chi connectivity index (χ2n) is 7.06. The first-order valence-electron chi connectivity index (χ1n) is 7.49. The number of hydrogen-bond acceptors (Lipinski definition) is 3. The minimum Gasteiger partial charge on any atom is -0.394 e. The maximum atomic E-state index is 9.66. The zero-order valence-corrected chi connectivity index (χ0v) is 12.0. The number of hydrogen-bond donors (Lipinski definition) is 2. The Balaban J connectivity index is 1.82. The van der Waals surface area contributed by atoms with E-state index in [1.54, 1.807) is 0 Å². The molecular formula is C15H29NO2. The molecule has 2 aliphatic rings. The van der Waals surface area contributed by atoms with Gasteiger partial charge >= 0.3 is 0 Å². The van der Waals surface area contributed by atoms with Crippen molar-refractivity contribution < 1.29 is 9.84 Å². The number of aliphatic hydroxyl groups is 1. The van der Waals surface area contributed by atoms with E-state index in [4.69, 9.17) is 4.74 Å². The summed E-state index contributed by atoms with van der Waals surface area (Å²) in [5.41, 5.74) is 0.437. The topological polar surface area (TPSA) is 41.5 Å². The highest BCUT2D eigenvalue weighted by Gasteiger charge is 2.34. The third-order valence-electron chi connectivity index (χ3n) is 4.83. The van der Waals surface area contributed by atoms with Crippen molar-refractivity contribution in [3.8, 4) is 0 Å². The molecule has 0 aromatic rings. The second kappa shape index (κ2) is 5.89. The Bertz CT molecular complexity index is 259. The maximum absolute atomic E-state index is 9.66. The summed E-state index contributed by atoms with van der Waals surface area (Å²) in [6.07, 6.45) is 7.27. The molecule has 0 radical (unpaired) electrons. The highest BCUT2D eigenvalue weighted by atomic mass is 16.5. The monoisotopic (exact) mass is 255 g/mol. The van der Waals surface area contributed by atoms with E-state index >= 15 is 0 Å². The molecule has 3 heteroatoms. The molecule has 0 bridgehead atoms. The molecule has 2 rings (SSSR count). The minimum absolute atomic E-state index is 0.0696. The lowest BCUT2D eigenvalue weighted by Crippen LogP contribution is -2.54. The van der Waals surface area contributed by atoms with Crippen molar-refractivity contribution in [1.82, 2.24) is 5.32 Å². The zero-order chi connectivity index (χ0) is 13.1. The molecule has 106 valence electrons. The van der Waals surface area contributed by atoms with Crippen LogP contribution in [0.5, 0.6) is 0 Å². The fourth-order valence-electron chi connectivity index (χ4n) is 3.54. The third-order valence-corrected chi connectivity index (χ3v) is 4.83. The molecule has 3 nitrogen and oxygen atoms in total. The van der Waals surface area contributed by atoms with Crippen molar-refractivity contribution in [2.45, 2.75) is 57.9 Å². The predicted molar refractivity (Wildman–Crippen MR) is 73.6 cm³/mol. The van der Waals surface area contributed by atoms with Gasteiger partial charge in [-0.3, -0.25) is 0 Å². The molecule has 1 saturated heterocycles. The maximum Gasteiger partial charge on any atom is 0.0615 e. The first-order valence-corrected chi connectivity index (χ1v) is 7.49. The lowest BCUT2D eigenvalue weighted by atomic mass is 9.72. The average molecular weight is 255 g/mol. The fraction of sp³-hybridized carbons (Fsp3) is 1.00. The molecule has 18 heavy (non-hydrogen) atoms. The number of aliphatic hydroxyl groups excluding tert-OH is 1. The Morgan fingerprint density at radius 2 is 1.94 bits per heavy atom. The molecule has 1 atom stereocenters. The molecule has 1 saturated carbocycles. The molecule has 1 aliphatic heterocycles. The van der Waals surface area contributed by atoms with Gasteiger partial charge in [-0.15, -0.1) is 0 Å². The molecular weight excluding hydrogens is 226 g/mol. The lowest BCUT2D eigenvalue weighted by molar-refractivity contribution is 0.00821. The smallest absolute Gasteiger partial charge is 0.0615 e. The van der Waals surface area contributed by atoms with Crippen LogP contribution in [0, 0.1) is 11.3 Å². The second-order valence-corrected chi connectivity index (χ2v) is 7.06. The van der Waals surface area contributed by atoms with Crippen LogP contribution < -0.4 is 5.32 Å². The number of rotatable bonds is 4. The van der Waals surface area contributed by atoms with Crippen LogP contribution in [-0.4, -0.2) is 37.0 Å². The van der Waals surface area contributed by atoms with Gasteiger partial charge in [-0.1, -0.05) is 20.3 Å². The van der Waals surface area contributed by atoms with Crippen LogP contribution in [0.1, 0.15) is 52.4 Å². The van der Waals surface area contributed by atoms with E-state index in [0.717, 1.165) is 38.5 Å². The van der Waals surface area contributed by atoms with E-state index in [2.05, 4.69) is 19.2 Å². The summed E-state index contributed by atoms with van der Waals surface area (Å²) in [5, 5.41) is 13.3. The minimum atomic E-state index is -0.0696. The normalized spacial score (nSPS) is 31.2. The number of ether oxygens (including phenoxy) is 1. The molecule has 0 aromatic carbocycles. The molecule has 1 heterocycles. The molecule has 2 fully saturated rings. The summed E-state index contributed by atoms with van der Waals surface area (Å²) in [7, 11) is 0. The van der Waals surface area contributed by atoms with Crippen LogP contribution in [0.15, 0.2) is 0 Å². The quantitative estimate of drug-likeness (QED) is 0.810. The Hall–Kier alpha value is -0.120. The summed E-state index contributed by atoms with van der Waals surface area (Å²) < 4.78 is 5.40. The number of nitrogens with one attached hydrogen (secondary N) is 1. The van der Waals surface area contributed by atoms with Crippen molar-refractivity contribution in [2.24, 2.45) is 11.3 Å². The Kier molecular flexibility index (Phi) is 4.68. The van der Waals surface area contributed by atoms with Crippen molar-refractivity contribution in [3.05, 3.63) is 0 Å². The Morgan fingerprint density at radius 1 is 1.22 bits per heavy atom. The van der Waals surface area contributed by atoms with Gasteiger partial charge in [0.2, 0.25) is 0 Å². The van der Waals surface area contributed by atoms with Gasteiger partial charge in [-0.2, -0.15) is 0 Å². The van der Waals surface area contributed by atoms with Crippen molar-refractivity contribution in [1.29, 1.82) is 0 Å². The van der Waals surface area contributed by atoms with Gasteiger partial charge in [0, 0.05) is 18.8 Å². The van der Waals surface area contributed by atoms with E-state index in [1.165, 1.54) is 25.7 Å². The third kappa shape index (κ3) is 3.69. The standard InChI is InChI=1S/C15H29NO2/c1-14(2)5-3-4-13(10-14)11-16-15(12-17)6-8-18-9-7-15/h13,16-17H,3-12H2,1-2H3. The Morgan fingerprint density at radius 3 is 2.56 bits per heavy atom. The van der Waals surface area contributed by atoms with Crippen LogP contribution in [0.2, 0.25) is 0 Å². The van der Waals surface area contributed by atoms with Crippen LogP contribution >= 0.6 is 0 Å². The van der Waals surface area contributed by atoms with Crippen molar-refractivity contribution in [2.75, 3.05) is 26.4 Å².